The SMILES string of the molecule is COC(=O)c1cccc(NC(=O)c2ccc(F)c(Cl)c2)c1. The predicted octanol–water partition coefficient (Wildman–Crippen LogP) is 3.52. The lowest BCUT2D eigenvalue weighted by molar-refractivity contribution is 0.0600. The van der Waals surface area contributed by atoms with Crippen LogP contribution in [-0.4, -0.2) is 19.0 Å². The van der Waals surface area contributed by atoms with Crippen LogP contribution in [0.15, 0.2) is 42.5 Å². The molecule has 6 heteroatoms. The lowest BCUT2D eigenvalue weighted by Crippen LogP contribution is -2.12. The first-order valence-corrected chi connectivity index (χ1v) is 6.34. The summed E-state index contributed by atoms with van der Waals surface area (Å²) in [7, 11) is 1.27. The number of nitrogens with one attached hydrogen (secondary N) is 1. The molecule has 21 heavy (non-hydrogen) atoms. The predicted molar refractivity (Wildman–Crippen MR) is 77.1 cm³/mol. The second-order valence-electron chi connectivity index (χ2n) is 4.16. The van der Waals surface area contributed by atoms with Crippen molar-refractivity contribution in [1.82, 2.24) is 0 Å². The quantitative estimate of drug-likeness (QED) is 0.883. The van der Waals surface area contributed by atoms with Gasteiger partial charge in [0, 0.05) is 11.3 Å². The van der Waals surface area contributed by atoms with Gasteiger partial charge in [0.2, 0.25) is 0 Å². The molecule has 1 amide bonds. The molecule has 1 N–H and O–H groups in total. The number of amides is 1. The highest BCUT2D eigenvalue weighted by Crippen LogP contribution is 2.18. The van der Waals surface area contributed by atoms with Crippen molar-refractivity contribution in [1.29, 1.82) is 0 Å². The minimum Gasteiger partial charge on any atom is -0.465 e. The second kappa shape index (κ2) is 6.37. The van der Waals surface area contributed by atoms with Crippen LogP contribution in [0, 0.1) is 5.82 Å². The molecule has 0 saturated heterocycles. The zero-order chi connectivity index (χ0) is 15.4. The van der Waals surface area contributed by atoms with E-state index in [4.69, 9.17) is 11.6 Å². The first-order chi connectivity index (χ1) is 10.0. The minimum absolute atomic E-state index is 0.133. The number of hydrogen-bond donors (Lipinski definition) is 1. The molecule has 0 fully saturated rings. The number of esters is 1. The van der Waals surface area contributed by atoms with Gasteiger partial charge >= 0.3 is 5.97 Å². The van der Waals surface area contributed by atoms with E-state index in [1.165, 1.54) is 25.3 Å². The summed E-state index contributed by atoms with van der Waals surface area (Å²) in [6.07, 6.45) is 0. The van der Waals surface area contributed by atoms with Crippen molar-refractivity contribution in [3.63, 3.8) is 0 Å². The van der Waals surface area contributed by atoms with Crippen LogP contribution in [-0.2, 0) is 4.74 Å². The van der Waals surface area contributed by atoms with E-state index in [0.717, 1.165) is 6.07 Å². The minimum atomic E-state index is -0.596. The highest BCUT2D eigenvalue weighted by atomic mass is 35.5. The van der Waals surface area contributed by atoms with Gasteiger partial charge in [0.15, 0.2) is 0 Å². The maximum atomic E-state index is 13.1. The number of anilines is 1. The van der Waals surface area contributed by atoms with Crippen molar-refractivity contribution in [3.05, 3.63) is 64.4 Å². The van der Waals surface area contributed by atoms with Crippen LogP contribution < -0.4 is 5.32 Å². The summed E-state index contributed by atoms with van der Waals surface area (Å²) in [6, 6.07) is 9.94. The molecule has 0 atom stereocenters. The van der Waals surface area contributed by atoms with Crippen molar-refractivity contribution < 1.29 is 18.7 Å². The molecule has 0 unspecified atom stereocenters. The Morgan fingerprint density at radius 1 is 1.14 bits per heavy atom. The van der Waals surface area contributed by atoms with E-state index in [9.17, 15) is 14.0 Å². The molecule has 0 heterocycles. The lowest BCUT2D eigenvalue weighted by atomic mass is 10.1. The third kappa shape index (κ3) is 3.58. The van der Waals surface area contributed by atoms with Crippen LogP contribution in [0.25, 0.3) is 0 Å². The van der Waals surface area contributed by atoms with Gasteiger partial charge in [-0.2, -0.15) is 0 Å². The summed E-state index contributed by atoms with van der Waals surface area (Å²) < 4.78 is 17.7. The maximum Gasteiger partial charge on any atom is 0.337 e. The zero-order valence-electron chi connectivity index (χ0n) is 11.0. The van der Waals surface area contributed by atoms with Gasteiger partial charge in [0.1, 0.15) is 5.82 Å². The smallest absolute Gasteiger partial charge is 0.337 e. The number of halogens is 2. The number of methoxy groups -OCH3 is 1. The highest BCUT2D eigenvalue weighted by Gasteiger charge is 2.11. The van der Waals surface area contributed by atoms with Gasteiger partial charge in [0.25, 0.3) is 5.91 Å². The molecule has 0 aromatic heterocycles. The van der Waals surface area contributed by atoms with E-state index in [2.05, 4.69) is 10.1 Å². The van der Waals surface area contributed by atoms with E-state index < -0.39 is 17.7 Å². The Labute approximate surface area is 125 Å². The second-order valence-corrected chi connectivity index (χ2v) is 4.56. The molecule has 0 radical (unpaired) electrons. The van der Waals surface area contributed by atoms with Crippen molar-refractivity contribution in [3.8, 4) is 0 Å². The Balaban J connectivity index is 2.19. The van der Waals surface area contributed by atoms with Crippen LogP contribution in [0.3, 0.4) is 0 Å². The monoisotopic (exact) mass is 307 g/mol. The highest BCUT2D eigenvalue weighted by molar-refractivity contribution is 6.31. The van der Waals surface area contributed by atoms with E-state index in [-0.39, 0.29) is 10.6 Å². The maximum absolute atomic E-state index is 13.1. The van der Waals surface area contributed by atoms with Crippen molar-refractivity contribution in [2.45, 2.75) is 0 Å². The van der Waals surface area contributed by atoms with E-state index in [0.29, 0.717) is 11.3 Å². The van der Waals surface area contributed by atoms with E-state index >= 15 is 0 Å². The Kier molecular flexibility index (Phi) is 4.55. The van der Waals surface area contributed by atoms with E-state index in [1.807, 2.05) is 0 Å². The van der Waals surface area contributed by atoms with Crippen LogP contribution in [0.2, 0.25) is 5.02 Å². The van der Waals surface area contributed by atoms with Gasteiger partial charge in [-0.05, 0) is 36.4 Å². The molecule has 0 aliphatic rings. The fourth-order valence-electron chi connectivity index (χ4n) is 1.68. The number of carbonyl (C=O) groups excluding carboxylic acids is 2. The first kappa shape index (κ1) is 15.0. The first-order valence-electron chi connectivity index (χ1n) is 5.96. The summed E-state index contributed by atoms with van der Waals surface area (Å²) >= 11 is 5.63. The Bertz CT molecular complexity index is 703. The molecule has 2 aromatic rings. The molecule has 0 aliphatic heterocycles. The summed E-state index contributed by atoms with van der Waals surface area (Å²) in [6.45, 7) is 0. The Morgan fingerprint density at radius 3 is 2.57 bits per heavy atom. The average molecular weight is 308 g/mol. The molecule has 4 nitrogen and oxygen atoms in total. The molecule has 0 aliphatic carbocycles. The summed E-state index contributed by atoms with van der Waals surface area (Å²) in [4.78, 5) is 23.4. The molecule has 0 saturated carbocycles. The number of benzene rings is 2. The Morgan fingerprint density at radius 2 is 1.90 bits per heavy atom. The molecular weight excluding hydrogens is 297 g/mol. The summed E-state index contributed by atoms with van der Waals surface area (Å²) in [5.41, 5.74) is 0.945. The molecular formula is C15H11ClFNO3. The van der Waals surface area contributed by atoms with Crippen LogP contribution in [0.5, 0.6) is 0 Å². The van der Waals surface area contributed by atoms with Crippen molar-refractivity contribution >= 4 is 29.2 Å². The molecule has 108 valence electrons. The molecule has 0 bridgehead atoms. The number of hydrogen-bond acceptors (Lipinski definition) is 3. The molecule has 0 spiro atoms. The van der Waals surface area contributed by atoms with Crippen molar-refractivity contribution in [2.24, 2.45) is 0 Å². The van der Waals surface area contributed by atoms with Gasteiger partial charge in [-0.3, -0.25) is 4.79 Å². The molecule has 2 rings (SSSR count). The fourth-order valence-corrected chi connectivity index (χ4v) is 1.86. The van der Waals surface area contributed by atoms with Crippen LogP contribution >= 0.6 is 11.6 Å². The summed E-state index contributed by atoms with van der Waals surface area (Å²) in [5.74, 6) is -1.56. The van der Waals surface area contributed by atoms with Crippen molar-refractivity contribution in [2.75, 3.05) is 12.4 Å². The van der Waals surface area contributed by atoms with Gasteiger partial charge in [-0.15, -0.1) is 0 Å². The number of carbonyl (C=O) groups is 2. The normalized spacial score (nSPS) is 10.0. The average Bonchev–Trinajstić information content (AvgIpc) is 2.49. The number of rotatable bonds is 3. The van der Waals surface area contributed by atoms with Gasteiger partial charge in [0.05, 0.1) is 17.7 Å². The standard InChI is InChI=1S/C15H11ClFNO3/c1-21-15(20)10-3-2-4-11(7-10)18-14(19)9-5-6-13(17)12(16)8-9/h2-8H,1H3,(H,18,19). The third-order valence-corrected chi connectivity index (χ3v) is 3.01. The van der Waals surface area contributed by atoms with E-state index in [1.54, 1.807) is 18.2 Å². The van der Waals surface area contributed by atoms with Gasteiger partial charge < -0.3 is 10.1 Å². The van der Waals surface area contributed by atoms with Gasteiger partial charge in [-0.1, -0.05) is 17.7 Å². The Hall–Kier alpha value is -2.40. The third-order valence-electron chi connectivity index (χ3n) is 2.72. The van der Waals surface area contributed by atoms with Crippen LogP contribution in [0.1, 0.15) is 20.7 Å². The van der Waals surface area contributed by atoms with Crippen LogP contribution in [0.4, 0.5) is 10.1 Å². The largest absolute Gasteiger partial charge is 0.465 e. The summed E-state index contributed by atoms with van der Waals surface area (Å²) in [5, 5.41) is 2.46. The van der Waals surface area contributed by atoms with Gasteiger partial charge in [-0.25, -0.2) is 9.18 Å². The fraction of sp³-hybridized carbons (Fsp3) is 0.0667. The topological polar surface area (TPSA) is 55.4 Å². The lowest BCUT2D eigenvalue weighted by Gasteiger charge is -2.07. The molecule has 2 aromatic carbocycles. The number of ether oxygens (including phenoxy) is 1. The zero-order valence-corrected chi connectivity index (χ0v) is 11.8.